The third-order valence-corrected chi connectivity index (χ3v) is 2.64. The van der Waals surface area contributed by atoms with Gasteiger partial charge in [0.25, 0.3) is 10.1 Å². The summed E-state index contributed by atoms with van der Waals surface area (Å²) in [6, 6.07) is 2.77. The fourth-order valence-corrected chi connectivity index (χ4v) is 1.85. The predicted molar refractivity (Wildman–Crippen MR) is 57.3 cm³/mol. The van der Waals surface area contributed by atoms with E-state index >= 15 is 0 Å². The Bertz CT molecular complexity index is 563. The van der Waals surface area contributed by atoms with E-state index in [4.69, 9.17) is 14.8 Å². The van der Waals surface area contributed by atoms with Gasteiger partial charge in [-0.3, -0.25) is 4.55 Å². The molecule has 1 rings (SSSR count). The molecule has 3 N–H and O–H groups in total. The molecular formula is C8H7NaO7S. The summed E-state index contributed by atoms with van der Waals surface area (Å²) in [5.74, 6) is -3.34. The standard InChI is InChI=1S/C8H6O7S.Na.H/c9-7(10)4-2-1-3-5(16(13,14)15)6(4)8(11)12;;/h1-3H,(H,9,10)(H,11,12)(H,13,14,15);;. The van der Waals surface area contributed by atoms with Crippen LogP contribution in [0.15, 0.2) is 23.1 Å². The van der Waals surface area contributed by atoms with Crippen LogP contribution in [0.4, 0.5) is 0 Å². The van der Waals surface area contributed by atoms with Gasteiger partial charge < -0.3 is 10.2 Å². The van der Waals surface area contributed by atoms with Crippen molar-refractivity contribution in [3.8, 4) is 0 Å². The van der Waals surface area contributed by atoms with Crippen LogP contribution in [0, 0.1) is 0 Å². The summed E-state index contributed by atoms with van der Waals surface area (Å²) >= 11 is 0. The van der Waals surface area contributed by atoms with Crippen molar-refractivity contribution in [3.63, 3.8) is 0 Å². The van der Waals surface area contributed by atoms with Crippen molar-refractivity contribution in [2.24, 2.45) is 0 Å². The van der Waals surface area contributed by atoms with Crippen molar-refractivity contribution in [2.75, 3.05) is 0 Å². The Morgan fingerprint density at radius 2 is 1.59 bits per heavy atom. The number of rotatable bonds is 3. The molecule has 1 aromatic rings. The number of carboxylic acid groups (broad SMARTS) is 2. The number of benzene rings is 1. The van der Waals surface area contributed by atoms with Crippen molar-refractivity contribution in [3.05, 3.63) is 29.3 Å². The summed E-state index contributed by atoms with van der Waals surface area (Å²) in [5, 5.41) is 17.4. The second-order valence-corrected chi connectivity index (χ2v) is 4.15. The van der Waals surface area contributed by atoms with Crippen molar-refractivity contribution in [2.45, 2.75) is 4.90 Å². The fraction of sp³-hybridized carbons (Fsp3) is 0. The fourth-order valence-electron chi connectivity index (χ4n) is 1.14. The van der Waals surface area contributed by atoms with Crippen LogP contribution in [0.3, 0.4) is 0 Å². The van der Waals surface area contributed by atoms with E-state index in [0.29, 0.717) is 0 Å². The van der Waals surface area contributed by atoms with E-state index < -0.39 is 38.1 Å². The minimum atomic E-state index is -4.78. The van der Waals surface area contributed by atoms with Gasteiger partial charge in [-0.2, -0.15) is 8.42 Å². The quantitative estimate of drug-likeness (QED) is 0.507. The van der Waals surface area contributed by atoms with Gasteiger partial charge in [-0.25, -0.2) is 9.59 Å². The summed E-state index contributed by atoms with van der Waals surface area (Å²) in [4.78, 5) is 20.5. The molecule has 0 saturated carbocycles. The monoisotopic (exact) mass is 270 g/mol. The van der Waals surface area contributed by atoms with Crippen molar-refractivity contribution >= 4 is 51.6 Å². The molecule has 88 valence electrons. The van der Waals surface area contributed by atoms with Crippen molar-refractivity contribution in [1.82, 2.24) is 0 Å². The Morgan fingerprint density at radius 1 is 1.06 bits per heavy atom. The normalized spacial score (nSPS) is 10.4. The summed E-state index contributed by atoms with van der Waals surface area (Å²) in [6.45, 7) is 0. The van der Waals surface area contributed by atoms with Crippen LogP contribution in [0.1, 0.15) is 20.7 Å². The molecule has 17 heavy (non-hydrogen) atoms. The zero-order chi connectivity index (χ0) is 12.5. The molecule has 0 atom stereocenters. The topological polar surface area (TPSA) is 129 Å². The van der Waals surface area contributed by atoms with Gasteiger partial charge in [-0.05, 0) is 12.1 Å². The van der Waals surface area contributed by atoms with Gasteiger partial charge >= 0.3 is 41.5 Å². The molecule has 7 nitrogen and oxygen atoms in total. The summed E-state index contributed by atoms with van der Waals surface area (Å²) in [7, 11) is -4.78. The summed E-state index contributed by atoms with van der Waals surface area (Å²) in [5.41, 5.74) is -1.67. The van der Waals surface area contributed by atoms with Crippen LogP contribution in [0.25, 0.3) is 0 Å². The van der Waals surface area contributed by atoms with E-state index in [1.54, 1.807) is 0 Å². The average Bonchev–Trinajstić information content (AvgIpc) is 2.14. The molecule has 0 aromatic heterocycles. The molecular weight excluding hydrogens is 263 g/mol. The molecule has 9 heteroatoms. The van der Waals surface area contributed by atoms with E-state index in [-0.39, 0.29) is 29.6 Å². The number of hydrogen-bond donors (Lipinski definition) is 3. The summed E-state index contributed by atoms with van der Waals surface area (Å²) < 4.78 is 30.4. The molecule has 0 spiro atoms. The molecule has 0 fully saturated rings. The van der Waals surface area contributed by atoms with Crippen LogP contribution in [-0.4, -0.2) is 64.7 Å². The first-order chi connectivity index (χ1) is 7.25. The van der Waals surface area contributed by atoms with E-state index in [9.17, 15) is 18.0 Å². The number of carbonyl (C=O) groups is 2. The van der Waals surface area contributed by atoms with Crippen molar-refractivity contribution < 1.29 is 32.8 Å². The third-order valence-electron chi connectivity index (χ3n) is 1.75. The Balaban J connectivity index is 0.00000256. The van der Waals surface area contributed by atoms with Gasteiger partial charge in [0, 0.05) is 0 Å². The maximum atomic E-state index is 10.8. The Kier molecular flexibility index (Phi) is 5.30. The first-order valence-electron chi connectivity index (χ1n) is 3.82. The number of hydrogen-bond acceptors (Lipinski definition) is 4. The molecule has 0 radical (unpaired) electrons. The molecule has 0 aliphatic heterocycles. The van der Waals surface area contributed by atoms with Gasteiger partial charge in [0.15, 0.2) is 0 Å². The molecule has 1 aromatic carbocycles. The van der Waals surface area contributed by atoms with Gasteiger partial charge in [0.05, 0.1) is 11.1 Å². The first-order valence-corrected chi connectivity index (χ1v) is 5.26. The van der Waals surface area contributed by atoms with Crippen LogP contribution in [0.2, 0.25) is 0 Å². The van der Waals surface area contributed by atoms with Gasteiger partial charge in [-0.1, -0.05) is 6.07 Å². The molecule has 0 aliphatic rings. The molecule has 0 bridgehead atoms. The Morgan fingerprint density at radius 3 is 1.94 bits per heavy atom. The zero-order valence-corrected chi connectivity index (χ0v) is 8.43. The maximum absolute atomic E-state index is 10.8. The molecule has 0 saturated heterocycles. The van der Waals surface area contributed by atoms with Gasteiger partial charge in [-0.15, -0.1) is 0 Å². The van der Waals surface area contributed by atoms with E-state index in [2.05, 4.69) is 0 Å². The number of carboxylic acids is 2. The Hall–Kier alpha value is -0.930. The number of aromatic carboxylic acids is 2. The minimum absolute atomic E-state index is 0. The average molecular weight is 270 g/mol. The van der Waals surface area contributed by atoms with E-state index in [0.717, 1.165) is 18.2 Å². The predicted octanol–water partition coefficient (Wildman–Crippen LogP) is -0.319. The van der Waals surface area contributed by atoms with Gasteiger partial charge in [0.1, 0.15) is 4.90 Å². The van der Waals surface area contributed by atoms with E-state index in [1.165, 1.54) is 0 Å². The molecule has 0 aliphatic carbocycles. The Labute approximate surface area is 118 Å². The van der Waals surface area contributed by atoms with Crippen LogP contribution in [-0.2, 0) is 10.1 Å². The van der Waals surface area contributed by atoms with Crippen LogP contribution >= 0.6 is 0 Å². The molecule has 0 amide bonds. The second-order valence-electron chi connectivity index (χ2n) is 2.76. The van der Waals surface area contributed by atoms with Gasteiger partial charge in [0.2, 0.25) is 0 Å². The van der Waals surface area contributed by atoms with E-state index in [1.807, 2.05) is 0 Å². The van der Waals surface area contributed by atoms with Crippen LogP contribution < -0.4 is 0 Å². The first kappa shape index (κ1) is 16.1. The van der Waals surface area contributed by atoms with Crippen molar-refractivity contribution in [1.29, 1.82) is 0 Å². The van der Waals surface area contributed by atoms with Crippen LogP contribution in [0.5, 0.6) is 0 Å². The zero-order valence-electron chi connectivity index (χ0n) is 7.61. The summed E-state index contributed by atoms with van der Waals surface area (Å²) in [6.07, 6.45) is 0. The molecule has 0 heterocycles. The second kappa shape index (κ2) is 5.61. The molecule has 0 unspecified atom stereocenters. The third kappa shape index (κ3) is 3.51. The SMILES string of the molecule is O=C(O)c1cccc(S(=O)(=O)O)c1C(=O)O.[NaH].